The maximum atomic E-state index is 13.2. The summed E-state index contributed by atoms with van der Waals surface area (Å²) in [6.07, 6.45) is 5.46. The Labute approximate surface area is 215 Å². The van der Waals surface area contributed by atoms with E-state index in [2.05, 4.69) is 4.98 Å². The maximum absolute atomic E-state index is 13.2. The van der Waals surface area contributed by atoms with Crippen molar-refractivity contribution in [2.75, 3.05) is 0 Å². The van der Waals surface area contributed by atoms with Crippen molar-refractivity contribution in [3.05, 3.63) is 35.2 Å². The molecule has 200 valence electrons. The number of esters is 1. The van der Waals surface area contributed by atoms with E-state index in [4.69, 9.17) is 4.74 Å². The first-order chi connectivity index (χ1) is 16.9. The molecule has 7 atom stereocenters. The van der Waals surface area contributed by atoms with Crippen molar-refractivity contribution in [1.82, 2.24) is 4.98 Å². The van der Waals surface area contributed by atoms with Crippen molar-refractivity contribution in [2.24, 2.45) is 29.1 Å². The molecule has 1 aromatic rings. The summed E-state index contributed by atoms with van der Waals surface area (Å²) in [5, 5.41) is 30.9. The molecular weight excluding hydrogens is 458 g/mol. The van der Waals surface area contributed by atoms with E-state index in [0.717, 1.165) is 36.8 Å². The summed E-state index contributed by atoms with van der Waals surface area (Å²) in [6, 6.07) is 3.63. The number of ketones is 1. The van der Waals surface area contributed by atoms with E-state index in [-0.39, 0.29) is 24.7 Å². The van der Waals surface area contributed by atoms with E-state index >= 15 is 0 Å². The molecule has 0 bridgehead atoms. The number of carbonyl (C=O) groups excluding carboxylic acids is 2. The molecule has 1 aliphatic heterocycles. The van der Waals surface area contributed by atoms with E-state index in [1.807, 2.05) is 32.1 Å². The highest BCUT2D eigenvalue weighted by molar-refractivity contribution is 5.88. The number of carbonyl (C=O) groups is 2. The molecule has 1 saturated heterocycles. The van der Waals surface area contributed by atoms with Crippen LogP contribution in [0.5, 0.6) is 0 Å². The maximum Gasteiger partial charge on any atom is 0.309 e. The quantitative estimate of drug-likeness (QED) is 0.534. The standard InChI is InChI=1S/C29H43NO6/c1-17-7-6-8-21-12-22(21)13-24(18(2)11-23-10-9-20(16-31)15-30-23)36-26(33)14-25(32)29(4,5)28(35)19(3)27(17)34/h9-11,15,17,19,21-22,24-25,27,31-32,34H,6-8,12-14,16H2,1-5H3/b18-11+/t17-,19+,21+,22-,24-,25-,27-/m0/s1. The van der Waals surface area contributed by atoms with E-state index in [1.54, 1.807) is 27.0 Å². The van der Waals surface area contributed by atoms with Crippen molar-refractivity contribution >= 4 is 17.8 Å². The van der Waals surface area contributed by atoms with Gasteiger partial charge < -0.3 is 20.1 Å². The predicted octanol–water partition coefficient (Wildman–Crippen LogP) is 4.08. The van der Waals surface area contributed by atoms with Crippen molar-refractivity contribution < 1.29 is 29.6 Å². The highest BCUT2D eigenvalue weighted by Crippen LogP contribution is 2.47. The molecule has 0 radical (unpaired) electrons. The number of ether oxygens (including phenoxy) is 1. The van der Waals surface area contributed by atoms with Crippen LogP contribution in [0.15, 0.2) is 23.9 Å². The van der Waals surface area contributed by atoms with Crippen LogP contribution in [0.4, 0.5) is 0 Å². The first-order valence-corrected chi connectivity index (χ1v) is 13.3. The van der Waals surface area contributed by atoms with Crippen LogP contribution in [0.2, 0.25) is 0 Å². The number of pyridine rings is 1. The number of fused-ring (bicyclic) bond motifs is 1. The molecular formula is C29H43NO6. The van der Waals surface area contributed by atoms with Gasteiger partial charge >= 0.3 is 5.97 Å². The minimum atomic E-state index is -1.22. The zero-order chi connectivity index (χ0) is 26.6. The van der Waals surface area contributed by atoms with Crippen LogP contribution in [-0.4, -0.2) is 50.4 Å². The summed E-state index contributed by atoms with van der Waals surface area (Å²) < 4.78 is 5.90. The molecule has 0 unspecified atom stereocenters. The number of hydrogen-bond acceptors (Lipinski definition) is 7. The molecule has 7 heteroatoms. The minimum Gasteiger partial charge on any atom is -0.458 e. The van der Waals surface area contributed by atoms with Crippen molar-refractivity contribution in [1.29, 1.82) is 0 Å². The number of nitrogens with zero attached hydrogens (tertiary/aromatic N) is 1. The number of cyclic esters (lactones) is 1. The number of Topliss-reactive ketones (excluding diaryl/α,β-unsaturated/α-hetero) is 1. The van der Waals surface area contributed by atoms with E-state index in [1.165, 1.54) is 0 Å². The lowest BCUT2D eigenvalue weighted by Gasteiger charge is -2.34. The van der Waals surface area contributed by atoms with Gasteiger partial charge in [-0.1, -0.05) is 46.6 Å². The molecule has 0 amide bonds. The Morgan fingerprint density at radius 2 is 1.86 bits per heavy atom. The van der Waals surface area contributed by atoms with Crippen LogP contribution in [0.1, 0.15) is 84.4 Å². The van der Waals surface area contributed by atoms with Crippen LogP contribution < -0.4 is 0 Å². The topological polar surface area (TPSA) is 117 Å². The normalized spacial score (nSPS) is 34.6. The van der Waals surface area contributed by atoms with Crippen LogP contribution in [0, 0.1) is 29.1 Å². The number of aliphatic hydroxyl groups is 3. The number of aromatic nitrogens is 1. The zero-order valence-electron chi connectivity index (χ0n) is 22.3. The third-order valence-corrected chi connectivity index (χ3v) is 8.34. The lowest BCUT2D eigenvalue weighted by molar-refractivity contribution is -0.154. The first-order valence-electron chi connectivity index (χ1n) is 13.3. The molecule has 2 aliphatic rings. The van der Waals surface area contributed by atoms with Gasteiger partial charge in [0.1, 0.15) is 11.9 Å². The van der Waals surface area contributed by atoms with Gasteiger partial charge in [0.2, 0.25) is 0 Å². The molecule has 1 saturated carbocycles. The monoisotopic (exact) mass is 501 g/mol. The Hall–Kier alpha value is -2.09. The molecule has 1 aliphatic carbocycles. The Kier molecular flexibility index (Phi) is 9.47. The van der Waals surface area contributed by atoms with Gasteiger partial charge in [0, 0.05) is 12.1 Å². The molecule has 0 spiro atoms. The third kappa shape index (κ3) is 7.02. The van der Waals surface area contributed by atoms with Crippen molar-refractivity contribution in [3.63, 3.8) is 0 Å². The molecule has 7 nitrogen and oxygen atoms in total. The van der Waals surface area contributed by atoms with Gasteiger partial charge in [0.25, 0.3) is 0 Å². The van der Waals surface area contributed by atoms with Crippen LogP contribution in [0.3, 0.4) is 0 Å². The van der Waals surface area contributed by atoms with Crippen molar-refractivity contribution in [3.8, 4) is 0 Å². The van der Waals surface area contributed by atoms with Gasteiger partial charge in [0.05, 0.1) is 36.3 Å². The largest absolute Gasteiger partial charge is 0.458 e. The van der Waals surface area contributed by atoms with Gasteiger partial charge in [-0.15, -0.1) is 0 Å². The van der Waals surface area contributed by atoms with E-state index in [0.29, 0.717) is 24.0 Å². The summed E-state index contributed by atoms with van der Waals surface area (Å²) in [6.45, 7) is 8.80. The molecule has 2 fully saturated rings. The molecule has 2 heterocycles. The van der Waals surface area contributed by atoms with Crippen LogP contribution >= 0.6 is 0 Å². The minimum absolute atomic E-state index is 0.0189. The lowest BCUT2D eigenvalue weighted by atomic mass is 9.73. The molecule has 3 N–H and O–H groups in total. The number of aliphatic hydroxyl groups excluding tert-OH is 3. The second-order valence-electron chi connectivity index (χ2n) is 11.6. The first kappa shape index (κ1) is 28.5. The molecule has 1 aromatic heterocycles. The van der Waals surface area contributed by atoms with Gasteiger partial charge in [-0.25, -0.2) is 0 Å². The van der Waals surface area contributed by atoms with Gasteiger partial charge in [-0.05, 0) is 67.2 Å². The van der Waals surface area contributed by atoms with Gasteiger partial charge in [-0.3, -0.25) is 14.6 Å². The summed E-state index contributed by atoms with van der Waals surface area (Å²) in [5.74, 6) is -0.413. The summed E-state index contributed by atoms with van der Waals surface area (Å²) in [7, 11) is 0. The Morgan fingerprint density at radius 1 is 1.14 bits per heavy atom. The van der Waals surface area contributed by atoms with Gasteiger partial charge in [0.15, 0.2) is 0 Å². The lowest BCUT2D eigenvalue weighted by Crippen LogP contribution is -2.45. The second kappa shape index (κ2) is 12.0. The van der Waals surface area contributed by atoms with Crippen LogP contribution in [-0.2, 0) is 20.9 Å². The Balaban J connectivity index is 1.82. The number of hydrogen-bond donors (Lipinski definition) is 3. The van der Waals surface area contributed by atoms with Gasteiger partial charge in [-0.2, -0.15) is 0 Å². The SMILES string of the molecule is C/C(=C\c1ccc(CO)cn1)[C@@H]1C[C@@H]2C[C@H]2CCC[C@H](C)[C@H](O)[C@@H](C)C(=O)C(C)(C)[C@@H](O)CC(=O)O1. The molecule has 36 heavy (non-hydrogen) atoms. The van der Waals surface area contributed by atoms with E-state index in [9.17, 15) is 24.9 Å². The average Bonchev–Trinajstić information content (AvgIpc) is 3.59. The zero-order valence-corrected chi connectivity index (χ0v) is 22.3. The van der Waals surface area contributed by atoms with Crippen LogP contribution in [0.25, 0.3) is 6.08 Å². The third-order valence-electron chi connectivity index (χ3n) is 8.34. The molecule has 3 rings (SSSR count). The Morgan fingerprint density at radius 3 is 2.50 bits per heavy atom. The highest BCUT2D eigenvalue weighted by atomic mass is 16.5. The fraction of sp³-hybridized carbons (Fsp3) is 0.690. The summed E-state index contributed by atoms with van der Waals surface area (Å²) in [5.41, 5.74) is 1.11. The highest BCUT2D eigenvalue weighted by Gasteiger charge is 2.43. The number of rotatable bonds is 3. The average molecular weight is 502 g/mol. The fourth-order valence-corrected chi connectivity index (χ4v) is 5.39. The predicted molar refractivity (Wildman–Crippen MR) is 138 cm³/mol. The smallest absolute Gasteiger partial charge is 0.309 e. The molecule has 0 aromatic carbocycles. The second-order valence-corrected chi connectivity index (χ2v) is 11.6. The van der Waals surface area contributed by atoms with E-state index < -0.39 is 35.6 Å². The summed E-state index contributed by atoms with van der Waals surface area (Å²) in [4.78, 5) is 30.5. The Bertz CT molecular complexity index is 940. The van der Waals surface area contributed by atoms with Crippen molar-refractivity contribution in [2.45, 2.75) is 98.1 Å². The summed E-state index contributed by atoms with van der Waals surface area (Å²) >= 11 is 0. The fourth-order valence-electron chi connectivity index (χ4n) is 5.39.